The van der Waals surface area contributed by atoms with Crippen molar-refractivity contribution in [3.63, 3.8) is 0 Å². The lowest BCUT2D eigenvalue weighted by Gasteiger charge is -2.11. The fraction of sp³-hybridized carbons (Fsp3) is 0.118. The van der Waals surface area contributed by atoms with Crippen LogP contribution in [0.3, 0.4) is 0 Å². The summed E-state index contributed by atoms with van der Waals surface area (Å²) < 4.78 is 0. The van der Waals surface area contributed by atoms with Crippen LogP contribution >= 0.6 is 0 Å². The van der Waals surface area contributed by atoms with Crippen molar-refractivity contribution in [3.05, 3.63) is 131 Å². The van der Waals surface area contributed by atoms with Crippen molar-refractivity contribution < 1.29 is 19.8 Å². The number of hydrogen-bond donors (Lipinski definition) is 2. The molecule has 6 heteroatoms. The van der Waals surface area contributed by atoms with Crippen LogP contribution in [0, 0.1) is 0 Å². The Morgan fingerprint density at radius 1 is 0.500 bits per heavy atom. The summed E-state index contributed by atoms with van der Waals surface area (Å²) in [5, 5.41) is 18.4. The summed E-state index contributed by atoms with van der Waals surface area (Å²) in [5.41, 5.74) is 5.30. The van der Waals surface area contributed by atoms with Gasteiger partial charge in [0.05, 0.1) is 0 Å². The normalized spacial score (nSPS) is 10.7. The predicted octanol–water partition coefficient (Wildman–Crippen LogP) is 6.71. The van der Waals surface area contributed by atoms with Gasteiger partial charge in [0.25, 0.3) is 0 Å². The van der Waals surface area contributed by atoms with Gasteiger partial charge < -0.3 is 20.0 Å². The van der Waals surface area contributed by atoms with Gasteiger partial charge in [0.1, 0.15) is 11.5 Å². The summed E-state index contributed by atoms with van der Waals surface area (Å²) in [6.45, 7) is 0. The zero-order chi connectivity index (χ0) is 29.1. The predicted molar refractivity (Wildman–Crippen MR) is 164 cm³/mol. The van der Waals surface area contributed by atoms with E-state index in [1.54, 1.807) is 36.4 Å². The van der Waals surface area contributed by atoms with Crippen LogP contribution in [0.5, 0.6) is 11.5 Å². The molecule has 0 fully saturated rings. The Morgan fingerprint density at radius 3 is 1.07 bits per heavy atom. The molecule has 2 N–H and O–H groups in total. The van der Waals surface area contributed by atoms with Gasteiger partial charge in [-0.2, -0.15) is 0 Å². The van der Waals surface area contributed by atoms with Crippen molar-refractivity contribution in [2.75, 3.05) is 38.0 Å². The molecule has 6 nitrogen and oxygen atoms in total. The highest BCUT2D eigenvalue weighted by Gasteiger charge is 2.02. The van der Waals surface area contributed by atoms with E-state index >= 15 is 0 Å². The summed E-state index contributed by atoms with van der Waals surface area (Å²) in [6, 6.07) is 28.4. The molecule has 0 radical (unpaired) electrons. The number of phenolic OH excluding ortho intramolecular Hbond substituents is 2. The van der Waals surface area contributed by atoms with E-state index in [0.29, 0.717) is 11.1 Å². The standard InChI is InChI=1S/2C17H17NO2/c2*1-18(2)15-8-3-13(4-9-15)5-12-17(20)14-6-10-16(19)11-7-14/h2*3-12,19H,1-2H3/b2*12-5+. The molecule has 0 aliphatic carbocycles. The molecule has 0 unspecified atom stereocenters. The molecule has 0 atom stereocenters. The van der Waals surface area contributed by atoms with Gasteiger partial charge in [0.15, 0.2) is 11.6 Å². The van der Waals surface area contributed by atoms with Crippen molar-refractivity contribution in [3.8, 4) is 11.5 Å². The van der Waals surface area contributed by atoms with Crippen LogP contribution in [0.2, 0.25) is 0 Å². The summed E-state index contributed by atoms with van der Waals surface area (Å²) >= 11 is 0. The van der Waals surface area contributed by atoms with E-state index in [9.17, 15) is 19.8 Å². The summed E-state index contributed by atoms with van der Waals surface area (Å²) in [7, 11) is 7.94. The Hall–Kier alpha value is -5.10. The average molecular weight is 535 g/mol. The maximum Gasteiger partial charge on any atom is 0.185 e. The van der Waals surface area contributed by atoms with Crippen LogP contribution in [-0.4, -0.2) is 50.0 Å². The molecule has 0 bridgehead atoms. The van der Waals surface area contributed by atoms with E-state index < -0.39 is 0 Å². The van der Waals surface area contributed by atoms with Gasteiger partial charge in [-0.3, -0.25) is 9.59 Å². The number of hydrogen-bond acceptors (Lipinski definition) is 6. The largest absolute Gasteiger partial charge is 0.508 e. The Labute approximate surface area is 235 Å². The lowest BCUT2D eigenvalue weighted by atomic mass is 10.1. The number of aromatic hydroxyl groups is 2. The van der Waals surface area contributed by atoms with E-state index in [4.69, 9.17) is 0 Å². The molecule has 0 aliphatic heterocycles. The zero-order valence-corrected chi connectivity index (χ0v) is 23.2. The highest BCUT2D eigenvalue weighted by Crippen LogP contribution is 2.16. The van der Waals surface area contributed by atoms with Crippen LogP contribution < -0.4 is 9.80 Å². The number of rotatable bonds is 8. The van der Waals surface area contributed by atoms with Crippen molar-refractivity contribution in [1.82, 2.24) is 0 Å². The number of carbonyl (C=O) groups is 2. The van der Waals surface area contributed by atoms with Gasteiger partial charge in [-0.05, 0) is 96.1 Å². The molecule has 0 saturated carbocycles. The van der Waals surface area contributed by atoms with Crippen LogP contribution in [0.15, 0.2) is 109 Å². The van der Waals surface area contributed by atoms with Gasteiger partial charge in [0.2, 0.25) is 0 Å². The van der Waals surface area contributed by atoms with Crippen LogP contribution in [0.25, 0.3) is 12.2 Å². The van der Waals surface area contributed by atoms with Crippen molar-refractivity contribution >= 4 is 35.1 Å². The molecular formula is C34H34N2O4. The monoisotopic (exact) mass is 534 g/mol. The van der Waals surface area contributed by atoms with E-state index in [2.05, 4.69) is 0 Å². The maximum atomic E-state index is 11.9. The molecule has 0 aromatic heterocycles. The van der Waals surface area contributed by atoms with Crippen molar-refractivity contribution in [2.45, 2.75) is 0 Å². The zero-order valence-electron chi connectivity index (χ0n) is 23.2. The molecule has 204 valence electrons. The quantitative estimate of drug-likeness (QED) is 0.193. The average Bonchev–Trinajstić information content (AvgIpc) is 2.96. The first-order valence-electron chi connectivity index (χ1n) is 12.7. The third-order valence-corrected chi connectivity index (χ3v) is 5.98. The van der Waals surface area contributed by atoms with Crippen molar-refractivity contribution in [1.29, 1.82) is 0 Å². The van der Waals surface area contributed by atoms with Crippen LogP contribution in [0.4, 0.5) is 11.4 Å². The molecule has 40 heavy (non-hydrogen) atoms. The number of carbonyl (C=O) groups excluding carboxylic acids is 2. The third kappa shape index (κ3) is 9.03. The van der Waals surface area contributed by atoms with E-state index in [1.165, 1.54) is 36.4 Å². The van der Waals surface area contributed by atoms with Gasteiger partial charge >= 0.3 is 0 Å². The topological polar surface area (TPSA) is 81.1 Å². The first kappa shape index (κ1) is 29.5. The Balaban J connectivity index is 0.000000220. The van der Waals surface area contributed by atoms with Gasteiger partial charge in [0, 0.05) is 50.7 Å². The van der Waals surface area contributed by atoms with E-state index in [1.807, 2.05) is 86.5 Å². The van der Waals surface area contributed by atoms with Gasteiger partial charge in [-0.25, -0.2) is 0 Å². The maximum absolute atomic E-state index is 11.9. The first-order valence-corrected chi connectivity index (χ1v) is 12.7. The Kier molecular flexibility index (Phi) is 10.4. The number of allylic oxidation sites excluding steroid dienone is 2. The highest BCUT2D eigenvalue weighted by molar-refractivity contribution is 6.07. The van der Waals surface area contributed by atoms with E-state index in [0.717, 1.165) is 22.5 Å². The van der Waals surface area contributed by atoms with Crippen molar-refractivity contribution in [2.24, 2.45) is 0 Å². The molecule has 0 heterocycles. The van der Waals surface area contributed by atoms with Crippen LogP contribution in [0.1, 0.15) is 31.8 Å². The fourth-order valence-corrected chi connectivity index (χ4v) is 3.55. The van der Waals surface area contributed by atoms with E-state index in [-0.39, 0.29) is 23.1 Å². The molecular weight excluding hydrogens is 500 g/mol. The van der Waals surface area contributed by atoms with Gasteiger partial charge in [-0.1, -0.05) is 36.4 Å². The number of anilines is 2. The molecule has 0 amide bonds. The van der Waals surface area contributed by atoms with Crippen LogP contribution in [-0.2, 0) is 0 Å². The molecule has 0 aliphatic rings. The number of ketones is 2. The smallest absolute Gasteiger partial charge is 0.185 e. The lowest BCUT2D eigenvalue weighted by molar-refractivity contribution is 0.103. The fourth-order valence-electron chi connectivity index (χ4n) is 3.55. The minimum atomic E-state index is -0.0818. The Morgan fingerprint density at radius 2 is 0.800 bits per heavy atom. The number of benzene rings is 4. The highest BCUT2D eigenvalue weighted by atomic mass is 16.3. The molecule has 4 aromatic carbocycles. The molecule has 4 aromatic rings. The lowest BCUT2D eigenvalue weighted by Crippen LogP contribution is -2.07. The first-order chi connectivity index (χ1) is 19.1. The second-order valence-corrected chi connectivity index (χ2v) is 9.46. The number of phenols is 2. The second-order valence-electron chi connectivity index (χ2n) is 9.46. The molecule has 0 saturated heterocycles. The molecule has 0 spiro atoms. The molecule has 4 rings (SSSR count). The minimum Gasteiger partial charge on any atom is -0.508 e. The summed E-state index contributed by atoms with van der Waals surface area (Å²) in [5.74, 6) is 0.151. The number of nitrogens with zero attached hydrogens (tertiary/aromatic N) is 2. The second kappa shape index (κ2) is 14.2. The van der Waals surface area contributed by atoms with Gasteiger partial charge in [-0.15, -0.1) is 0 Å². The Bertz CT molecular complexity index is 1340. The minimum absolute atomic E-state index is 0.0818. The summed E-state index contributed by atoms with van der Waals surface area (Å²) in [6.07, 6.45) is 6.65. The SMILES string of the molecule is CN(C)c1ccc(/C=C/C(=O)c2ccc(O)cc2)cc1.CN(C)c1ccc(/C=C/C(=O)c2ccc(O)cc2)cc1. The third-order valence-electron chi connectivity index (χ3n) is 5.98. The summed E-state index contributed by atoms with van der Waals surface area (Å²) in [4.78, 5) is 27.9.